The lowest BCUT2D eigenvalue weighted by Gasteiger charge is -2.15. The number of amides is 1. The van der Waals surface area contributed by atoms with E-state index in [1.807, 2.05) is 22.9 Å². The van der Waals surface area contributed by atoms with E-state index in [4.69, 9.17) is 0 Å². The van der Waals surface area contributed by atoms with Crippen LogP contribution in [0, 0.1) is 5.92 Å². The molecular weight excluding hydrogens is 296 g/mol. The van der Waals surface area contributed by atoms with E-state index >= 15 is 0 Å². The van der Waals surface area contributed by atoms with Crippen LogP contribution in [0.2, 0.25) is 0 Å². The van der Waals surface area contributed by atoms with Gasteiger partial charge >= 0.3 is 0 Å². The van der Waals surface area contributed by atoms with Crippen LogP contribution in [-0.4, -0.2) is 16.5 Å². The monoisotopic (exact) mass is 320 g/mol. The van der Waals surface area contributed by atoms with Gasteiger partial charge in [0.15, 0.2) is 5.43 Å². The van der Waals surface area contributed by atoms with E-state index in [1.54, 1.807) is 6.20 Å². The van der Waals surface area contributed by atoms with E-state index in [-0.39, 0.29) is 23.9 Å². The maximum absolute atomic E-state index is 12.2. The lowest BCUT2D eigenvalue weighted by molar-refractivity contribution is -0.122. The lowest BCUT2D eigenvalue weighted by atomic mass is 10.0. The second-order valence-corrected chi connectivity index (χ2v) is 7.15. The van der Waals surface area contributed by atoms with Gasteiger partial charge in [-0.2, -0.15) is 0 Å². The van der Waals surface area contributed by atoms with Crippen LogP contribution in [0.3, 0.4) is 0 Å². The zero-order valence-electron chi connectivity index (χ0n) is 13.5. The summed E-state index contributed by atoms with van der Waals surface area (Å²) in [5.41, 5.74) is 0.851. The van der Waals surface area contributed by atoms with Crippen LogP contribution in [0.1, 0.15) is 40.0 Å². The second-order valence-electron chi connectivity index (χ2n) is 6.24. The summed E-state index contributed by atoms with van der Waals surface area (Å²) >= 11 is 1.42. The van der Waals surface area contributed by atoms with Crippen molar-refractivity contribution in [3.63, 3.8) is 0 Å². The quantitative estimate of drug-likeness (QED) is 0.850. The number of hydrogen-bond acceptors (Lipinski definition) is 3. The van der Waals surface area contributed by atoms with E-state index in [9.17, 15) is 9.59 Å². The van der Waals surface area contributed by atoms with Crippen molar-refractivity contribution in [1.29, 1.82) is 0 Å². The van der Waals surface area contributed by atoms with Crippen LogP contribution in [-0.2, 0) is 11.3 Å². The highest BCUT2D eigenvalue weighted by Gasteiger charge is 2.10. The molecule has 2 heterocycles. The van der Waals surface area contributed by atoms with Crippen LogP contribution in [0.5, 0.6) is 0 Å². The molecule has 120 valence electrons. The third kappa shape index (κ3) is 4.44. The van der Waals surface area contributed by atoms with E-state index < -0.39 is 0 Å². The van der Waals surface area contributed by atoms with Crippen molar-refractivity contribution in [2.45, 2.75) is 52.6 Å². The predicted octanol–water partition coefficient (Wildman–Crippen LogP) is 3.39. The molecule has 0 aliphatic carbocycles. The van der Waals surface area contributed by atoms with Gasteiger partial charge in [-0.25, -0.2) is 0 Å². The largest absolute Gasteiger partial charge is 0.352 e. The molecule has 2 aromatic heterocycles. The van der Waals surface area contributed by atoms with Gasteiger partial charge in [0.05, 0.1) is 10.2 Å². The zero-order valence-corrected chi connectivity index (χ0v) is 14.3. The Morgan fingerprint density at radius 1 is 1.27 bits per heavy atom. The van der Waals surface area contributed by atoms with Crippen LogP contribution in [0.25, 0.3) is 10.2 Å². The smallest absolute Gasteiger partial charge is 0.240 e. The van der Waals surface area contributed by atoms with Gasteiger partial charge in [0.2, 0.25) is 5.91 Å². The highest BCUT2D eigenvalue weighted by molar-refractivity contribution is 7.17. The summed E-state index contributed by atoms with van der Waals surface area (Å²) < 4.78 is 2.55. The molecule has 1 amide bonds. The van der Waals surface area contributed by atoms with Gasteiger partial charge in [0.25, 0.3) is 0 Å². The SMILES string of the molecule is CC(C)CCCC(C)NC(=O)Cn1ccc(=O)c2sccc21. The standard InChI is InChI=1S/C17H24N2O2S/c1-12(2)5-4-6-13(3)18-16(21)11-19-9-7-15(20)17-14(19)8-10-22-17/h7-10,12-13H,4-6,11H2,1-3H3,(H,18,21). The number of hydrogen-bond donors (Lipinski definition) is 1. The van der Waals surface area contributed by atoms with Gasteiger partial charge in [0.1, 0.15) is 6.54 Å². The lowest BCUT2D eigenvalue weighted by Crippen LogP contribution is -2.35. The zero-order chi connectivity index (χ0) is 16.1. The number of nitrogens with one attached hydrogen (secondary N) is 1. The van der Waals surface area contributed by atoms with Crippen molar-refractivity contribution < 1.29 is 4.79 Å². The van der Waals surface area contributed by atoms with Gasteiger partial charge in [-0.1, -0.05) is 26.7 Å². The minimum atomic E-state index is -0.00630. The fraction of sp³-hybridized carbons (Fsp3) is 0.529. The Bertz CT molecular complexity index is 687. The summed E-state index contributed by atoms with van der Waals surface area (Å²) in [5, 5.41) is 4.92. The van der Waals surface area contributed by atoms with Crippen LogP contribution in [0.15, 0.2) is 28.5 Å². The van der Waals surface area contributed by atoms with Gasteiger partial charge in [-0.15, -0.1) is 11.3 Å². The predicted molar refractivity (Wildman–Crippen MR) is 92.4 cm³/mol. The molecule has 1 unspecified atom stereocenters. The second kappa shape index (κ2) is 7.58. The van der Waals surface area contributed by atoms with Crippen LogP contribution in [0.4, 0.5) is 0 Å². The summed E-state index contributed by atoms with van der Waals surface area (Å²) in [6, 6.07) is 3.60. The molecule has 2 aromatic rings. The maximum Gasteiger partial charge on any atom is 0.240 e. The van der Waals surface area contributed by atoms with Crippen molar-refractivity contribution in [3.8, 4) is 0 Å². The first-order valence-electron chi connectivity index (χ1n) is 7.83. The summed E-state index contributed by atoms with van der Waals surface area (Å²) in [6.07, 6.45) is 5.02. The molecule has 2 rings (SSSR count). The maximum atomic E-state index is 12.2. The molecule has 0 aromatic carbocycles. The summed E-state index contributed by atoms with van der Waals surface area (Å²) in [7, 11) is 0. The van der Waals surface area contributed by atoms with Crippen LogP contribution < -0.4 is 10.7 Å². The molecule has 0 spiro atoms. The Morgan fingerprint density at radius 2 is 2.05 bits per heavy atom. The van der Waals surface area contributed by atoms with E-state index in [2.05, 4.69) is 19.2 Å². The molecule has 0 aliphatic rings. The molecule has 0 aliphatic heterocycles. The molecule has 1 atom stereocenters. The van der Waals surface area contributed by atoms with E-state index in [0.29, 0.717) is 10.6 Å². The van der Waals surface area contributed by atoms with E-state index in [1.165, 1.54) is 23.8 Å². The average molecular weight is 320 g/mol. The molecule has 0 saturated heterocycles. The number of carbonyl (C=O) groups is 1. The molecule has 0 bridgehead atoms. The van der Waals surface area contributed by atoms with Crippen molar-refractivity contribution >= 4 is 27.5 Å². The van der Waals surface area contributed by atoms with E-state index in [0.717, 1.165) is 18.4 Å². The topological polar surface area (TPSA) is 51.1 Å². The fourth-order valence-electron chi connectivity index (χ4n) is 2.54. The number of nitrogens with zero attached hydrogens (tertiary/aromatic N) is 1. The molecule has 0 fully saturated rings. The summed E-state index contributed by atoms with van der Waals surface area (Å²) in [6.45, 7) is 6.73. The average Bonchev–Trinajstić information content (AvgIpc) is 2.92. The molecule has 4 nitrogen and oxygen atoms in total. The number of thiophene rings is 1. The third-order valence-corrected chi connectivity index (χ3v) is 4.64. The van der Waals surface area contributed by atoms with Crippen molar-refractivity contribution in [1.82, 2.24) is 9.88 Å². The van der Waals surface area contributed by atoms with Crippen molar-refractivity contribution in [2.24, 2.45) is 5.92 Å². The Morgan fingerprint density at radius 3 is 2.77 bits per heavy atom. The third-order valence-electron chi connectivity index (χ3n) is 3.72. The highest BCUT2D eigenvalue weighted by atomic mass is 32.1. The number of rotatable bonds is 7. The number of pyridine rings is 1. The van der Waals surface area contributed by atoms with Gasteiger partial charge in [-0.05, 0) is 30.7 Å². The fourth-order valence-corrected chi connectivity index (χ4v) is 3.37. The minimum absolute atomic E-state index is 0.00630. The minimum Gasteiger partial charge on any atom is -0.352 e. The van der Waals surface area contributed by atoms with Crippen LogP contribution >= 0.6 is 11.3 Å². The van der Waals surface area contributed by atoms with Crippen molar-refractivity contribution in [2.75, 3.05) is 0 Å². The highest BCUT2D eigenvalue weighted by Crippen LogP contribution is 2.16. The Labute approximate surface area is 135 Å². The molecule has 22 heavy (non-hydrogen) atoms. The summed E-state index contributed by atoms with van der Waals surface area (Å²) in [5.74, 6) is 0.698. The number of aromatic nitrogens is 1. The Balaban J connectivity index is 1.92. The first-order chi connectivity index (χ1) is 10.5. The van der Waals surface area contributed by atoms with Gasteiger partial charge in [-0.3, -0.25) is 9.59 Å². The Kier molecular flexibility index (Phi) is 5.77. The number of carbonyl (C=O) groups excluding carboxylic acids is 1. The molecule has 0 radical (unpaired) electrons. The summed E-state index contributed by atoms with van der Waals surface area (Å²) in [4.78, 5) is 23.9. The first-order valence-corrected chi connectivity index (χ1v) is 8.71. The molecule has 1 N–H and O–H groups in total. The number of fused-ring (bicyclic) bond motifs is 1. The van der Waals surface area contributed by atoms with Gasteiger partial charge < -0.3 is 9.88 Å². The first kappa shape index (κ1) is 16.7. The molecule has 5 heteroatoms. The normalized spacial score (nSPS) is 12.7. The van der Waals surface area contributed by atoms with Gasteiger partial charge in [0, 0.05) is 18.3 Å². The molecule has 0 saturated carbocycles. The van der Waals surface area contributed by atoms with Crippen molar-refractivity contribution in [3.05, 3.63) is 33.9 Å². The Hall–Kier alpha value is -1.62. The molecular formula is C17H24N2O2S.